The predicted molar refractivity (Wildman–Crippen MR) is 95.5 cm³/mol. The molecule has 0 spiro atoms. The van der Waals surface area contributed by atoms with Crippen molar-refractivity contribution >= 4 is 34.8 Å². The highest BCUT2D eigenvalue weighted by Gasteiger charge is 2.37. The number of amides is 1. The van der Waals surface area contributed by atoms with Crippen LogP contribution in [0, 0.1) is 12.8 Å². The first kappa shape index (κ1) is 17.1. The van der Waals surface area contributed by atoms with Crippen LogP contribution in [0.1, 0.15) is 44.1 Å². The number of halogens is 2. The van der Waals surface area contributed by atoms with Crippen LogP contribution >= 0.6 is 23.2 Å². The summed E-state index contributed by atoms with van der Waals surface area (Å²) in [6.07, 6.45) is 7.84. The number of anilines is 1. The molecule has 1 aromatic rings. The smallest absolute Gasteiger partial charge is 0.279 e. The molecule has 3 rings (SSSR count). The van der Waals surface area contributed by atoms with E-state index in [0.29, 0.717) is 28.3 Å². The number of fused-ring (bicyclic) bond motifs is 1. The zero-order valence-corrected chi connectivity index (χ0v) is 15.1. The van der Waals surface area contributed by atoms with Crippen LogP contribution in [0.2, 0.25) is 10.0 Å². The molecule has 0 bridgehead atoms. The number of carbonyl (C=O) groups excluding carboxylic acids is 1. The number of aryl methyl sites for hydroxylation is 1. The van der Waals surface area contributed by atoms with Crippen molar-refractivity contribution in [2.24, 2.45) is 5.92 Å². The van der Waals surface area contributed by atoms with E-state index in [1.165, 1.54) is 43.4 Å². The lowest BCUT2D eigenvalue weighted by molar-refractivity contribution is -0.928. The third kappa shape index (κ3) is 3.84. The molecular formula is C18H25Cl2N2O+. The Balaban J connectivity index is 1.66. The van der Waals surface area contributed by atoms with Gasteiger partial charge in [0.2, 0.25) is 0 Å². The lowest BCUT2D eigenvalue weighted by Gasteiger charge is -2.40. The van der Waals surface area contributed by atoms with Crippen molar-refractivity contribution in [1.29, 1.82) is 0 Å². The van der Waals surface area contributed by atoms with Crippen LogP contribution in [0.25, 0.3) is 0 Å². The van der Waals surface area contributed by atoms with Crippen LogP contribution in [0.5, 0.6) is 0 Å². The molecule has 126 valence electrons. The summed E-state index contributed by atoms with van der Waals surface area (Å²) in [4.78, 5) is 14.0. The summed E-state index contributed by atoms with van der Waals surface area (Å²) in [5.74, 6) is 0.826. The SMILES string of the molecule is Cc1ccc(Cl)c(NC(=O)C[NH+]2CCC[C@H]3CCCC[C@@H]32)c1Cl. The molecule has 3 nitrogen and oxygen atoms in total. The van der Waals surface area contributed by atoms with Crippen LogP contribution in [0.3, 0.4) is 0 Å². The van der Waals surface area contributed by atoms with Crippen LogP contribution in [0.15, 0.2) is 12.1 Å². The maximum atomic E-state index is 12.5. The van der Waals surface area contributed by atoms with E-state index in [0.717, 1.165) is 18.0 Å². The Morgan fingerprint density at radius 3 is 2.78 bits per heavy atom. The number of benzene rings is 1. The van der Waals surface area contributed by atoms with E-state index in [4.69, 9.17) is 23.2 Å². The molecule has 0 radical (unpaired) electrons. The Morgan fingerprint density at radius 1 is 1.22 bits per heavy atom. The second-order valence-electron chi connectivity index (χ2n) is 6.98. The monoisotopic (exact) mass is 355 g/mol. The molecule has 2 fully saturated rings. The van der Waals surface area contributed by atoms with Gasteiger partial charge in [-0.15, -0.1) is 0 Å². The van der Waals surface area contributed by atoms with Crippen molar-refractivity contribution in [2.45, 2.75) is 51.5 Å². The Bertz CT molecular complexity index is 589. The van der Waals surface area contributed by atoms with Crippen LogP contribution in [-0.2, 0) is 4.79 Å². The van der Waals surface area contributed by atoms with Crippen molar-refractivity contribution in [3.05, 3.63) is 27.7 Å². The largest absolute Gasteiger partial charge is 0.324 e. The van der Waals surface area contributed by atoms with E-state index < -0.39 is 0 Å². The Kier molecular flexibility index (Phi) is 5.50. The summed E-state index contributed by atoms with van der Waals surface area (Å²) >= 11 is 12.5. The van der Waals surface area contributed by atoms with Gasteiger partial charge in [-0.3, -0.25) is 4.79 Å². The van der Waals surface area contributed by atoms with Gasteiger partial charge >= 0.3 is 0 Å². The van der Waals surface area contributed by atoms with E-state index in [1.807, 2.05) is 13.0 Å². The molecule has 3 atom stereocenters. The highest BCUT2D eigenvalue weighted by atomic mass is 35.5. The van der Waals surface area contributed by atoms with Crippen molar-refractivity contribution in [2.75, 3.05) is 18.4 Å². The number of likely N-dealkylation sites (tertiary alicyclic amines) is 1. The van der Waals surface area contributed by atoms with E-state index in [9.17, 15) is 4.79 Å². The van der Waals surface area contributed by atoms with Gasteiger partial charge in [0.1, 0.15) is 0 Å². The Morgan fingerprint density at radius 2 is 1.96 bits per heavy atom. The van der Waals surface area contributed by atoms with Crippen molar-refractivity contribution in [1.82, 2.24) is 0 Å². The van der Waals surface area contributed by atoms with Gasteiger partial charge in [0.25, 0.3) is 5.91 Å². The molecule has 0 aromatic heterocycles. The number of carbonyl (C=O) groups is 1. The molecule has 2 aliphatic rings. The fraction of sp³-hybridized carbons (Fsp3) is 0.611. The number of piperidine rings is 1. The summed E-state index contributed by atoms with van der Waals surface area (Å²) < 4.78 is 0. The zero-order chi connectivity index (χ0) is 16.4. The molecule has 1 aliphatic heterocycles. The summed E-state index contributed by atoms with van der Waals surface area (Å²) in [5, 5.41) is 3.97. The van der Waals surface area contributed by atoms with Crippen molar-refractivity contribution in [3.63, 3.8) is 0 Å². The lowest BCUT2D eigenvalue weighted by atomic mass is 9.78. The lowest BCUT2D eigenvalue weighted by Crippen LogP contribution is -3.18. The van der Waals surface area contributed by atoms with Gasteiger partial charge in [-0.05, 0) is 50.7 Å². The Labute approximate surface area is 148 Å². The fourth-order valence-electron chi connectivity index (χ4n) is 4.25. The molecule has 5 heteroatoms. The van der Waals surface area contributed by atoms with E-state index in [-0.39, 0.29) is 5.91 Å². The van der Waals surface area contributed by atoms with Crippen molar-refractivity contribution in [3.8, 4) is 0 Å². The second-order valence-corrected chi connectivity index (χ2v) is 7.76. The maximum absolute atomic E-state index is 12.5. The molecule has 1 amide bonds. The van der Waals surface area contributed by atoms with E-state index >= 15 is 0 Å². The molecule has 1 aliphatic carbocycles. The summed E-state index contributed by atoms with van der Waals surface area (Å²) in [6.45, 7) is 3.53. The number of hydrogen-bond donors (Lipinski definition) is 2. The van der Waals surface area contributed by atoms with Gasteiger partial charge in [0.05, 0.1) is 28.3 Å². The standard InChI is InChI=1S/C18H24Cl2N2O/c1-12-8-9-14(19)18(17(12)20)21-16(23)11-22-10-4-6-13-5-2-3-7-15(13)22/h8-9,13,15H,2-7,10-11H2,1H3,(H,21,23)/p+1/t13-,15+/m1/s1. The van der Waals surface area contributed by atoms with Gasteiger partial charge in [-0.25, -0.2) is 0 Å². The van der Waals surface area contributed by atoms with Crippen molar-refractivity contribution < 1.29 is 9.69 Å². The highest BCUT2D eigenvalue weighted by molar-refractivity contribution is 6.40. The maximum Gasteiger partial charge on any atom is 0.279 e. The van der Waals surface area contributed by atoms with Gasteiger partial charge in [0.15, 0.2) is 6.54 Å². The minimum atomic E-state index is 0.0145. The van der Waals surface area contributed by atoms with E-state index in [2.05, 4.69) is 5.32 Å². The molecule has 1 unspecified atom stereocenters. The minimum Gasteiger partial charge on any atom is -0.324 e. The molecule has 1 saturated heterocycles. The van der Waals surface area contributed by atoms with Gasteiger partial charge in [0, 0.05) is 5.92 Å². The molecular weight excluding hydrogens is 331 g/mol. The van der Waals surface area contributed by atoms with Crippen LogP contribution < -0.4 is 10.2 Å². The number of nitrogens with one attached hydrogen (secondary N) is 2. The quantitative estimate of drug-likeness (QED) is 0.854. The second kappa shape index (κ2) is 7.42. The normalized spacial score (nSPS) is 27.3. The van der Waals surface area contributed by atoms with Gasteiger partial charge < -0.3 is 10.2 Å². The number of hydrogen-bond acceptors (Lipinski definition) is 1. The Hall–Kier alpha value is -0.770. The van der Waals surface area contributed by atoms with E-state index in [1.54, 1.807) is 6.07 Å². The summed E-state index contributed by atoms with van der Waals surface area (Å²) in [6, 6.07) is 4.30. The average molecular weight is 356 g/mol. The van der Waals surface area contributed by atoms with Gasteiger partial charge in [-0.2, -0.15) is 0 Å². The predicted octanol–water partition coefficient (Wildman–Crippen LogP) is 3.48. The molecule has 1 aromatic carbocycles. The fourth-order valence-corrected chi connectivity index (χ4v) is 4.71. The number of quaternary nitrogens is 1. The average Bonchev–Trinajstić information content (AvgIpc) is 2.55. The van der Waals surface area contributed by atoms with Crippen LogP contribution in [0.4, 0.5) is 5.69 Å². The van der Waals surface area contributed by atoms with Crippen LogP contribution in [-0.4, -0.2) is 25.0 Å². The molecule has 2 N–H and O–H groups in total. The third-order valence-electron chi connectivity index (χ3n) is 5.44. The molecule has 1 heterocycles. The molecule has 1 saturated carbocycles. The minimum absolute atomic E-state index is 0.0145. The first-order valence-electron chi connectivity index (χ1n) is 8.65. The topological polar surface area (TPSA) is 33.5 Å². The summed E-state index contributed by atoms with van der Waals surface area (Å²) in [5.41, 5.74) is 1.47. The third-order valence-corrected chi connectivity index (χ3v) is 6.24. The zero-order valence-electron chi connectivity index (χ0n) is 13.6. The first-order chi connectivity index (χ1) is 11.1. The van der Waals surface area contributed by atoms with Gasteiger partial charge in [-0.1, -0.05) is 35.7 Å². The summed E-state index contributed by atoms with van der Waals surface area (Å²) in [7, 11) is 0. The highest BCUT2D eigenvalue weighted by Crippen LogP contribution is 2.33. The number of rotatable bonds is 3. The first-order valence-corrected chi connectivity index (χ1v) is 9.41. The molecule has 23 heavy (non-hydrogen) atoms.